The molecule has 0 atom stereocenters. The Bertz CT molecular complexity index is 654. The van der Waals surface area contributed by atoms with Crippen molar-refractivity contribution in [2.45, 2.75) is 40.5 Å². The van der Waals surface area contributed by atoms with Crippen LogP contribution in [0.5, 0.6) is 0 Å². The number of carbonyl (C=O) groups is 2. The summed E-state index contributed by atoms with van der Waals surface area (Å²) >= 11 is 0. The van der Waals surface area contributed by atoms with E-state index in [9.17, 15) is 9.59 Å². The minimum absolute atomic E-state index is 0.225. The molecule has 1 fully saturated rings. The van der Waals surface area contributed by atoms with Crippen LogP contribution in [0.1, 0.15) is 45.1 Å². The maximum atomic E-state index is 12.0. The molecule has 0 bridgehead atoms. The van der Waals surface area contributed by atoms with Gasteiger partial charge >= 0.3 is 6.03 Å². The van der Waals surface area contributed by atoms with Gasteiger partial charge in [-0.05, 0) is 12.8 Å². The molecule has 2 heterocycles. The highest BCUT2D eigenvalue weighted by Gasteiger charge is 2.21. The summed E-state index contributed by atoms with van der Waals surface area (Å²) in [4.78, 5) is 37.2. The number of piperazine rings is 1. The molecule has 2 rings (SSSR count). The number of hydrogen-bond acceptors (Lipinski definition) is 6. The molecule has 0 radical (unpaired) electrons. The van der Waals surface area contributed by atoms with Crippen molar-refractivity contribution < 1.29 is 9.59 Å². The van der Waals surface area contributed by atoms with Gasteiger partial charge in [0.05, 0.1) is 6.54 Å². The third-order valence-corrected chi connectivity index (χ3v) is 4.36. The van der Waals surface area contributed by atoms with Crippen molar-refractivity contribution in [3.05, 3.63) is 17.6 Å². The minimum atomic E-state index is -0.426. The Labute approximate surface area is 161 Å². The van der Waals surface area contributed by atoms with Gasteiger partial charge in [0.1, 0.15) is 11.6 Å². The highest BCUT2D eigenvalue weighted by molar-refractivity contribution is 5.95. The number of imide groups is 1. The lowest BCUT2D eigenvalue weighted by molar-refractivity contribution is -0.121. The quantitative estimate of drug-likeness (QED) is 0.782. The molecule has 150 valence electrons. The van der Waals surface area contributed by atoms with Crippen molar-refractivity contribution in [1.29, 1.82) is 0 Å². The molecule has 8 heteroatoms. The molecular formula is C19H32N6O2. The summed E-state index contributed by atoms with van der Waals surface area (Å²) in [5.74, 6) is 2.17. The number of nitrogens with one attached hydrogen (secondary N) is 2. The smallest absolute Gasteiger partial charge is 0.321 e. The molecule has 0 spiro atoms. The summed E-state index contributed by atoms with van der Waals surface area (Å²) in [6, 6.07) is 1.58. The summed E-state index contributed by atoms with van der Waals surface area (Å²) < 4.78 is 0. The van der Waals surface area contributed by atoms with Gasteiger partial charge in [-0.25, -0.2) is 14.8 Å². The molecule has 1 saturated heterocycles. The first-order chi connectivity index (χ1) is 12.7. The number of urea groups is 1. The average Bonchev–Trinajstić information content (AvgIpc) is 2.60. The fourth-order valence-corrected chi connectivity index (χ4v) is 2.84. The maximum Gasteiger partial charge on any atom is 0.321 e. The molecule has 1 aromatic heterocycles. The van der Waals surface area contributed by atoms with Crippen LogP contribution in [0, 0.1) is 12.8 Å². The van der Waals surface area contributed by atoms with Crippen molar-refractivity contribution in [2.75, 3.05) is 44.2 Å². The van der Waals surface area contributed by atoms with Crippen LogP contribution in [0.2, 0.25) is 0 Å². The normalized spacial score (nSPS) is 15.3. The average molecular weight is 377 g/mol. The molecule has 1 aliphatic heterocycles. The van der Waals surface area contributed by atoms with Crippen molar-refractivity contribution in [3.8, 4) is 0 Å². The van der Waals surface area contributed by atoms with E-state index in [1.54, 1.807) is 0 Å². The summed E-state index contributed by atoms with van der Waals surface area (Å²) in [5, 5.41) is 5.07. The van der Waals surface area contributed by atoms with E-state index < -0.39 is 6.03 Å². The zero-order valence-corrected chi connectivity index (χ0v) is 17.1. The first-order valence-electron chi connectivity index (χ1n) is 9.65. The zero-order chi connectivity index (χ0) is 20.0. The minimum Gasteiger partial charge on any atom is -0.354 e. The van der Waals surface area contributed by atoms with Crippen LogP contribution >= 0.6 is 0 Å². The van der Waals surface area contributed by atoms with Crippen molar-refractivity contribution in [3.63, 3.8) is 0 Å². The van der Waals surface area contributed by atoms with Crippen LogP contribution in [0.4, 0.5) is 10.6 Å². The Hall–Kier alpha value is -2.22. The lowest BCUT2D eigenvalue weighted by Crippen LogP contribution is -2.51. The monoisotopic (exact) mass is 376 g/mol. The van der Waals surface area contributed by atoms with Gasteiger partial charge in [-0.1, -0.05) is 27.7 Å². The topological polar surface area (TPSA) is 90.5 Å². The molecule has 0 aromatic carbocycles. The fraction of sp³-hybridized carbons (Fsp3) is 0.684. The molecule has 0 saturated carbocycles. The molecule has 0 aliphatic carbocycles. The van der Waals surface area contributed by atoms with Gasteiger partial charge in [0.25, 0.3) is 0 Å². The van der Waals surface area contributed by atoms with E-state index in [0.29, 0.717) is 12.5 Å². The SMILES string of the molecule is Cc1cc(N2CCN(CC(=O)NC(=O)NCC(C)C)CC2)nc(C(C)C)n1. The van der Waals surface area contributed by atoms with Crippen molar-refractivity contribution in [1.82, 2.24) is 25.5 Å². The molecule has 1 aliphatic rings. The van der Waals surface area contributed by atoms with Gasteiger partial charge in [-0.15, -0.1) is 0 Å². The van der Waals surface area contributed by atoms with Crippen molar-refractivity contribution >= 4 is 17.8 Å². The Balaban J connectivity index is 1.81. The van der Waals surface area contributed by atoms with Gasteiger partial charge in [-0.3, -0.25) is 15.0 Å². The lowest BCUT2D eigenvalue weighted by atomic mass is 10.2. The third-order valence-electron chi connectivity index (χ3n) is 4.36. The molecule has 27 heavy (non-hydrogen) atoms. The van der Waals surface area contributed by atoms with Crippen molar-refractivity contribution in [2.24, 2.45) is 5.92 Å². The molecule has 2 N–H and O–H groups in total. The second-order valence-electron chi connectivity index (χ2n) is 7.80. The summed E-state index contributed by atoms with van der Waals surface area (Å²) in [6.45, 7) is 14.0. The number of amides is 3. The maximum absolute atomic E-state index is 12.0. The van der Waals surface area contributed by atoms with E-state index in [-0.39, 0.29) is 18.4 Å². The number of hydrogen-bond donors (Lipinski definition) is 2. The largest absolute Gasteiger partial charge is 0.354 e. The summed E-state index contributed by atoms with van der Waals surface area (Å²) in [7, 11) is 0. The number of anilines is 1. The van der Waals surface area contributed by atoms with Crippen LogP contribution in [-0.2, 0) is 4.79 Å². The fourth-order valence-electron chi connectivity index (χ4n) is 2.84. The standard InChI is InChI=1S/C19H32N6O2/c1-13(2)11-20-19(27)23-17(26)12-24-6-8-25(9-7-24)16-10-15(5)21-18(22-16)14(3)4/h10,13-14H,6-9,11-12H2,1-5H3,(H2,20,23,26,27). The molecular weight excluding hydrogens is 344 g/mol. The molecule has 8 nitrogen and oxygen atoms in total. The second kappa shape index (κ2) is 9.64. The van der Waals surface area contributed by atoms with Gasteiger partial charge in [-0.2, -0.15) is 0 Å². The Kier molecular flexibility index (Phi) is 7.53. The van der Waals surface area contributed by atoms with Crippen LogP contribution < -0.4 is 15.5 Å². The van der Waals surface area contributed by atoms with E-state index in [0.717, 1.165) is 43.5 Å². The lowest BCUT2D eigenvalue weighted by Gasteiger charge is -2.35. The Morgan fingerprint density at radius 1 is 1.11 bits per heavy atom. The first-order valence-corrected chi connectivity index (χ1v) is 9.65. The van der Waals surface area contributed by atoms with E-state index >= 15 is 0 Å². The van der Waals surface area contributed by atoms with Gasteiger partial charge in [0.15, 0.2) is 0 Å². The van der Waals surface area contributed by atoms with Crippen LogP contribution in [0.15, 0.2) is 6.07 Å². The Morgan fingerprint density at radius 2 is 1.78 bits per heavy atom. The number of aryl methyl sites for hydroxylation is 1. The van der Waals surface area contributed by atoms with E-state index in [4.69, 9.17) is 0 Å². The predicted octanol–water partition coefficient (Wildman–Crippen LogP) is 1.51. The molecule has 3 amide bonds. The van der Waals surface area contributed by atoms with E-state index in [2.05, 4.69) is 44.2 Å². The highest BCUT2D eigenvalue weighted by Crippen LogP contribution is 2.18. The first kappa shape index (κ1) is 21.1. The van der Waals surface area contributed by atoms with Gasteiger partial charge in [0.2, 0.25) is 5.91 Å². The van der Waals surface area contributed by atoms with Gasteiger partial charge < -0.3 is 10.2 Å². The molecule has 0 unspecified atom stereocenters. The number of aromatic nitrogens is 2. The highest BCUT2D eigenvalue weighted by atomic mass is 16.2. The number of rotatable bonds is 6. The molecule has 1 aromatic rings. The zero-order valence-electron chi connectivity index (χ0n) is 17.1. The van der Waals surface area contributed by atoms with Crippen LogP contribution in [-0.4, -0.2) is 66.1 Å². The number of nitrogens with zero attached hydrogens (tertiary/aromatic N) is 4. The van der Waals surface area contributed by atoms with E-state index in [1.807, 2.05) is 26.8 Å². The van der Waals surface area contributed by atoms with E-state index in [1.165, 1.54) is 0 Å². The van der Waals surface area contributed by atoms with Gasteiger partial charge in [0, 0.05) is 50.4 Å². The van der Waals surface area contributed by atoms with Crippen LogP contribution in [0.3, 0.4) is 0 Å². The third kappa shape index (κ3) is 6.78. The predicted molar refractivity (Wildman–Crippen MR) is 106 cm³/mol. The summed E-state index contributed by atoms with van der Waals surface area (Å²) in [6.07, 6.45) is 0. The second-order valence-corrected chi connectivity index (χ2v) is 7.80. The summed E-state index contributed by atoms with van der Waals surface area (Å²) in [5.41, 5.74) is 0.970. The van der Waals surface area contributed by atoms with Crippen LogP contribution in [0.25, 0.3) is 0 Å². The number of carbonyl (C=O) groups excluding carboxylic acids is 2. The Morgan fingerprint density at radius 3 is 2.37 bits per heavy atom.